The summed E-state index contributed by atoms with van der Waals surface area (Å²) in [5, 5.41) is 0.844. The summed E-state index contributed by atoms with van der Waals surface area (Å²) in [7, 11) is 0. The maximum atomic E-state index is 13.0. The van der Waals surface area contributed by atoms with E-state index in [1.807, 2.05) is 6.92 Å². The van der Waals surface area contributed by atoms with Crippen LogP contribution in [-0.4, -0.2) is 17.8 Å². The standard InChI is InChI=1S/C24H19Cl2NO4/c1-12-9-14-10-16(12)21-20(14)22(28)27(23(21)29)15-7-5-13(6-8-15)24(30)31-11-17-18(25)3-2-4-19(17)26/h2-9,14,16,20-21H,10-11H2,1H3/t14-,16+,20+,21+/m0/s1. The molecular formula is C24H19Cl2NO4. The van der Waals surface area contributed by atoms with E-state index in [9.17, 15) is 14.4 Å². The van der Waals surface area contributed by atoms with Gasteiger partial charge in [0, 0.05) is 15.6 Å². The quantitative estimate of drug-likeness (QED) is 0.367. The van der Waals surface area contributed by atoms with Gasteiger partial charge in [0.2, 0.25) is 11.8 Å². The number of carbonyl (C=O) groups is 3. The van der Waals surface area contributed by atoms with Crippen LogP contribution >= 0.6 is 23.2 Å². The molecule has 2 aromatic carbocycles. The third-order valence-electron chi connectivity index (χ3n) is 6.65. The van der Waals surface area contributed by atoms with Gasteiger partial charge in [-0.15, -0.1) is 0 Å². The van der Waals surface area contributed by atoms with Gasteiger partial charge >= 0.3 is 5.97 Å². The van der Waals surface area contributed by atoms with Gasteiger partial charge in [0.1, 0.15) is 6.61 Å². The number of allylic oxidation sites excluding steroid dienone is 2. The SMILES string of the molecule is CC1=C[C@H]2C[C@H]1[C@H]1C(=O)N(c3ccc(C(=O)OCc4c(Cl)cccc4Cl)cc3)C(=O)[C@@H]12. The molecule has 1 heterocycles. The van der Waals surface area contributed by atoms with Crippen LogP contribution in [0.5, 0.6) is 0 Å². The molecule has 2 aliphatic carbocycles. The molecule has 0 spiro atoms. The van der Waals surface area contributed by atoms with Gasteiger partial charge in [0.15, 0.2) is 0 Å². The fourth-order valence-corrected chi connectivity index (χ4v) is 5.67. The van der Waals surface area contributed by atoms with Crippen LogP contribution in [-0.2, 0) is 20.9 Å². The Morgan fingerprint density at radius 2 is 1.68 bits per heavy atom. The third kappa shape index (κ3) is 3.19. The zero-order valence-corrected chi connectivity index (χ0v) is 18.2. The fourth-order valence-electron chi connectivity index (χ4n) is 5.17. The van der Waals surface area contributed by atoms with Gasteiger partial charge in [-0.05, 0) is 61.6 Å². The molecule has 5 nitrogen and oxygen atoms in total. The number of anilines is 1. The van der Waals surface area contributed by atoms with Crippen LogP contribution in [0.3, 0.4) is 0 Å². The molecule has 5 rings (SSSR count). The van der Waals surface area contributed by atoms with Crippen molar-refractivity contribution >= 4 is 46.7 Å². The Balaban J connectivity index is 1.30. The number of halogens is 2. The number of hydrogen-bond acceptors (Lipinski definition) is 4. The molecule has 1 aliphatic heterocycles. The maximum absolute atomic E-state index is 13.0. The largest absolute Gasteiger partial charge is 0.457 e. The van der Waals surface area contributed by atoms with Crippen molar-refractivity contribution < 1.29 is 19.1 Å². The van der Waals surface area contributed by atoms with Gasteiger partial charge < -0.3 is 4.74 Å². The van der Waals surface area contributed by atoms with E-state index in [1.165, 1.54) is 10.5 Å². The molecule has 158 valence electrons. The number of nitrogens with zero attached hydrogens (tertiary/aromatic N) is 1. The summed E-state index contributed by atoms with van der Waals surface area (Å²) in [5.74, 6) is -1.02. The van der Waals surface area contributed by atoms with E-state index in [0.29, 0.717) is 26.9 Å². The lowest BCUT2D eigenvalue weighted by atomic mass is 9.82. The summed E-state index contributed by atoms with van der Waals surface area (Å²) >= 11 is 12.2. The Kier molecular flexibility index (Phi) is 4.91. The van der Waals surface area contributed by atoms with Crippen molar-refractivity contribution in [2.45, 2.75) is 20.0 Å². The Morgan fingerprint density at radius 3 is 2.35 bits per heavy atom. The molecule has 4 atom stereocenters. The highest BCUT2D eigenvalue weighted by Gasteiger charge is 2.60. The number of imide groups is 1. The second-order valence-electron chi connectivity index (χ2n) is 8.30. The van der Waals surface area contributed by atoms with Crippen molar-refractivity contribution in [1.29, 1.82) is 0 Å². The predicted octanol–water partition coefficient (Wildman–Crippen LogP) is 5.05. The lowest BCUT2D eigenvalue weighted by molar-refractivity contribution is -0.123. The third-order valence-corrected chi connectivity index (χ3v) is 7.36. The average molecular weight is 456 g/mol. The minimum absolute atomic E-state index is 0.0549. The van der Waals surface area contributed by atoms with Crippen molar-refractivity contribution in [2.24, 2.45) is 23.7 Å². The van der Waals surface area contributed by atoms with Crippen molar-refractivity contribution in [2.75, 3.05) is 4.90 Å². The molecule has 0 radical (unpaired) electrons. The summed E-state index contributed by atoms with van der Waals surface area (Å²) in [5.41, 5.74) is 2.54. The minimum atomic E-state index is -0.545. The van der Waals surface area contributed by atoms with E-state index in [4.69, 9.17) is 27.9 Å². The highest BCUT2D eigenvalue weighted by Crippen LogP contribution is 2.55. The van der Waals surface area contributed by atoms with Crippen molar-refractivity contribution in [3.63, 3.8) is 0 Å². The van der Waals surface area contributed by atoms with Crippen molar-refractivity contribution in [3.8, 4) is 0 Å². The molecule has 3 aliphatic rings. The first kappa shape index (κ1) is 20.3. The number of benzene rings is 2. The van der Waals surface area contributed by atoms with Crippen molar-refractivity contribution in [3.05, 3.63) is 75.3 Å². The first-order valence-electron chi connectivity index (χ1n) is 10.1. The Morgan fingerprint density at radius 1 is 1.03 bits per heavy atom. The molecule has 1 saturated carbocycles. The van der Waals surface area contributed by atoms with E-state index in [2.05, 4.69) is 6.08 Å². The van der Waals surface area contributed by atoms with Crippen LogP contribution in [0.1, 0.15) is 29.3 Å². The molecule has 1 saturated heterocycles. The number of hydrogen-bond donors (Lipinski definition) is 0. The highest BCUT2D eigenvalue weighted by molar-refractivity contribution is 6.36. The van der Waals surface area contributed by atoms with Crippen LogP contribution in [0.2, 0.25) is 10.0 Å². The number of ether oxygens (including phenoxy) is 1. The molecule has 2 bridgehead atoms. The molecule has 31 heavy (non-hydrogen) atoms. The van der Waals surface area contributed by atoms with Crippen LogP contribution in [0.4, 0.5) is 5.69 Å². The molecule has 2 amide bonds. The fraction of sp³-hybridized carbons (Fsp3) is 0.292. The summed E-state index contributed by atoms with van der Waals surface area (Å²) in [6.07, 6.45) is 3.04. The zero-order valence-electron chi connectivity index (χ0n) is 16.7. The highest BCUT2D eigenvalue weighted by atomic mass is 35.5. The molecule has 0 aromatic heterocycles. The molecule has 0 unspecified atom stereocenters. The molecule has 2 fully saturated rings. The van der Waals surface area contributed by atoms with E-state index >= 15 is 0 Å². The summed E-state index contributed by atoms with van der Waals surface area (Å²) in [6, 6.07) is 11.4. The first-order valence-corrected chi connectivity index (χ1v) is 10.9. The zero-order chi connectivity index (χ0) is 21.9. The van der Waals surface area contributed by atoms with Gasteiger partial charge in [-0.2, -0.15) is 0 Å². The predicted molar refractivity (Wildman–Crippen MR) is 117 cm³/mol. The van der Waals surface area contributed by atoms with E-state index in [1.54, 1.807) is 42.5 Å². The van der Waals surface area contributed by atoms with Crippen LogP contribution in [0, 0.1) is 23.7 Å². The molecule has 0 N–H and O–H groups in total. The van der Waals surface area contributed by atoms with Gasteiger partial charge in [-0.3, -0.25) is 14.5 Å². The maximum Gasteiger partial charge on any atom is 0.338 e. The van der Waals surface area contributed by atoms with Gasteiger partial charge in [0.05, 0.1) is 23.1 Å². The van der Waals surface area contributed by atoms with E-state index in [-0.39, 0.29) is 42.1 Å². The Bertz CT molecular complexity index is 1120. The molecule has 2 aromatic rings. The van der Waals surface area contributed by atoms with E-state index in [0.717, 1.165) is 6.42 Å². The summed E-state index contributed by atoms with van der Waals surface area (Å²) < 4.78 is 5.33. The van der Waals surface area contributed by atoms with Gasteiger partial charge in [-0.1, -0.05) is 40.9 Å². The number of amides is 2. The number of rotatable bonds is 4. The Labute approximate surface area is 189 Å². The van der Waals surface area contributed by atoms with E-state index < -0.39 is 5.97 Å². The van der Waals surface area contributed by atoms with Crippen LogP contribution in [0.25, 0.3) is 0 Å². The minimum Gasteiger partial charge on any atom is -0.457 e. The lowest BCUT2D eigenvalue weighted by Gasteiger charge is -2.19. The number of fused-ring (bicyclic) bond motifs is 5. The monoisotopic (exact) mass is 455 g/mol. The van der Waals surface area contributed by atoms with Gasteiger partial charge in [0.25, 0.3) is 0 Å². The molecular weight excluding hydrogens is 437 g/mol. The normalized spacial score (nSPS) is 26.3. The average Bonchev–Trinajstić information content (AvgIpc) is 3.38. The molecule has 7 heteroatoms. The topological polar surface area (TPSA) is 63.7 Å². The Hall–Kier alpha value is -2.63. The summed E-state index contributed by atoms with van der Waals surface area (Å²) in [6.45, 7) is 1.98. The smallest absolute Gasteiger partial charge is 0.338 e. The number of carbonyl (C=O) groups excluding carboxylic acids is 3. The van der Waals surface area contributed by atoms with Crippen LogP contribution < -0.4 is 4.90 Å². The van der Waals surface area contributed by atoms with Crippen molar-refractivity contribution in [1.82, 2.24) is 0 Å². The second-order valence-corrected chi connectivity index (χ2v) is 9.12. The number of esters is 1. The lowest BCUT2D eigenvalue weighted by Crippen LogP contribution is -2.32. The second kappa shape index (κ2) is 7.50. The first-order chi connectivity index (χ1) is 14.9. The summed E-state index contributed by atoms with van der Waals surface area (Å²) in [4.78, 5) is 39.7. The van der Waals surface area contributed by atoms with Crippen LogP contribution in [0.15, 0.2) is 54.1 Å². The van der Waals surface area contributed by atoms with Gasteiger partial charge in [-0.25, -0.2) is 4.79 Å².